The maximum atomic E-state index is 11.4. The molecule has 5 nitrogen and oxygen atoms in total. The van der Waals surface area contributed by atoms with Crippen LogP contribution < -0.4 is 5.32 Å². The molecule has 1 heterocycles. The van der Waals surface area contributed by atoms with E-state index in [-0.39, 0.29) is 11.9 Å². The Bertz CT molecular complexity index is 282. The molecule has 0 bridgehead atoms. The first-order valence-corrected chi connectivity index (χ1v) is 4.43. The van der Waals surface area contributed by atoms with Crippen molar-refractivity contribution in [1.82, 2.24) is 15.2 Å². The van der Waals surface area contributed by atoms with Gasteiger partial charge >= 0.3 is 0 Å². The number of carbonyl (C=O) groups is 1. The second-order valence-corrected chi connectivity index (χ2v) is 3.30. The zero-order valence-electron chi connectivity index (χ0n) is 8.65. The number of oxazole rings is 1. The van der Waals surface area contributed by atoms with Gasteiger partial charge in [0.05, 0.1) is 18.8 Å². The van der Waals surface area contributed by atoms with Gasteiger partial charge in [0.1, 0.15) is 5.76 Å². The molecule has 14 heavy (non-hydrogen) atoms. The molecule has 1 unspecified atom stereocenters. The third-order valence-electron chi connectivity index (χ3n) is 1.88. The van der Waals surface area contributed by atoms with Gasteiger partial charge in [-0.25, -0.2) is 4.98 Å². The summed E-state index contributed by atoms with van der Waals surface area (Å²) < 4.78 is 5.03. The van der Waals surface area contributed by atoms with E-state index in [9.17, 15) is 4.79 Å². The van der Waals surface area contributed by atoms with Gasteiger partial charge in [0.2, 0.25) is 5.91 Å². The minimum atomic E-state index is -0.213. The van der Waals surface area contributed by atoms with Gasteiger partial charge in [-0.2, -0.15) is 0 Å². The highest BCUT2D eigenvalue weighted by atomic mass is 16.3. The number of carbonyl (C=O) groups excluding carboxylic acids is 1. The summed E-state index contributed by atoms with van der Waals surface area (Å²) in [5.74, 6) is 0.771. The third kappa shape index (κ3) is 2.85. The second-order valence-electron chi connectivity index (χ2n) is 3.30. The first-order chi connectivity index (χ1) is 6.61. The van der Waals surface area contributed by atoms with Crippen LogP contribution in [0.1, 0.15) is 12.7 Å². The molecule has 0 saturated heterocycles. The fourth-order valence-corrected chi connectivity index (χ4v) is 1.06. The maximum absolute atomic E-state index is 11.4. The van der Waals surface area contributed by atoms with Crippen LogP contribution in [0.4, 0.5) is 0 Å². The summed E-state index contributed by atoms with van der Waals surface area (Å²) in [6, 6.07) is -0.213. The lowest BCUT2D eigenvalue weighted by atomic mass is 10.3. The molecule has 1 rings (SSSR count). The van der Waals surface area contributed by atoms with Crippen LogP contribution in [0.25, 0.3) is 0 Å². The number of hydrogen-bond acceptors (Lipinski definition) is 4. The molecule has 0 aliphatic carbocycles. The molecule has 1 N–H and O–H groups in total. The number of rotatable bonds is 4. The van der Waals surface area contributed by atoms with Gasteiger partial charge in [0, 0.05) is 14.1 Å². The van der Waals surface area contributed by atoms with Gasteiger partial charge < -0.3 is 9.32 Å². The summed E-state index contributed by atoms with van der Waals surface area (Å²) >= 11 is 0. The highest BCUT2D eigenvalue weighted by molar-refractivity contribution is 5.80. The Morgan fingerprint density at radius 3 is 2.93 bits per heavy atom. The van der Waals surface area contributed by atoms with Gasteiger partial charge in [0.15, 0.2) is 6.39 Å². The number of nitrogens with one attached hydrogen (secondary N) is 1. The third-order valence-corrected chi connectivity index (χ3v) is 1.88. The van der Waals surface area contributed by atoms with Gasteiger partial charge in [-0.3, -0.25) is 10.1 Å². The Morgan fingerprint density at radius 1 is 1.71 bits per heavy atom. The summed E-state index contributed by atoms with van der Waals surface area (Å²) in [7, 11) is 3.46. The number of nitrogens with zero attached hydrogens (tertiary/aromatic N) is 2. The number of aromatic nitrogens is 1. The van der Waals surface area contributed by atoms with Crippen LogP contribution >= 0.6 is 0 Å². The smallest absolute Gasteiger partial charge is 0.238 e. The molecule has 1 atom stereocenters. The molecule has 0 saturated carbocycles. The monoisotopic (exact) mass is 197 g/mol. The molecule has 1 aromatic heterocycles. The van der Waals surface area contributed by atoms with Crippen molar-refractivity contribution in [3.63, 3.8) is 0 Å². The summed E-state index contributed by atoms with van der Waals surface area (Å²) in [6.07, 6.45) is 3.00. The SMILES string of the molecule is CC(NCc1cnco1)C(=O)N(C)C. The largest absolute Gasteiger partial charge is 0.447 e. The van der Waals surface area contributed by atoms with Crippen LogP contribution in [0, 0.1) is 0 Å². The first-order valence-electron chi connectivity index (χ1n) is 4.43. The van der Waals surface area contributed by atoms with Crippen molar-refractivity contribution in [3.8, 4) is 0 Å². The molecule has 1 aromatic rings. The van der Waals surface area contributed by atoms with Crippen molar-refractivity contribution in [2.24, 2.45) is 0 Å². The van der Waals surface area contributed by atoms with Crippen LogP contribution in [0.2, 0.25) is 0 Å². The van der Waals surface area contributed by atoms with Gasteiger partial charge in [-0.1, -0.05) is 0 Å². The van der Waals surface area contributed by atoms with Crippen molar-refractivity contribution >= 4 is 5.91 Å². The summed E-state index contributed by atoms with van der Waals surface area (Å²) in [5, 5.41) is 3.04. The number of amides is 1. The van der Waals surface area contributed by atoms with Crippen molar-refractivity contribution < 1.29 is 9.21 Å². The van der Waals surface area contributed by atoms with E-state index >= 15 is 0 Å². The number of likely N-dealkylation sites (N-methyl/N-ethyl adjacent to an activating group) is 1. The zero-order chi connectivity index (χ0) is 10.6. The van der Waals surface area contributed by atoms with E-state index < -0.39 is 0 Å². The van der Waals surface area contributed by atoms with E-state index in [1.165, 1.54) is 6.39 Å². The van der Waals surface area contributed by atoms with Crippen LogP contribution in [0.5, 0.6) is 0 Å². The van der Waals surface area contributed by atoms with Crippen molar-refractivity contribution in [3.05, 3.63) is 18.4 Å². The molecule has 0 aliphatic heterocycles. The average molecular weight is 197 g/mol. The molecular formula is C9H15N3O2. The summed E-state index contributed by atoms with van der Waals surface area (Å²) in [6.45, 7) is 2.33. The predicted molar refractivity (Wildman–Crippen MR) is 51.5 cm³/mol. The lowest BCUT2D eigenvalue weighted by Crippen LogP contribution is -2.41. The van der Waals surface area contributed by atoms with E-state index in [1.54, 1.807) is 25.2 Å². The highest BCUT2D eigenvalue weighted by Crippen LogP contribution is 1.97. The Balaban J connectivity index is 2.35. The quantitative estimate of drug-likeness (QED) is 0.751. The molecular weight excluding hydrogens is 182 g/mol. The zero-order valence-corrected chi connectivity index (χ0v) is 8.65. The van der Waals surface area contributed by atoms with Gasteiger partial charge in [-0.15, -0.1) is 0 Å². The lowest BCUT2D eigenvalue weighted by Gasteiger charge is -2.17. The molecule has 1 amide bonds. The van der Waals surface area contributed by atoms with Gasteiger partial charge in [-0.05, 0) is 6.92 Å². The average Bonchev–Trinajstić information content (AvgIpc) is 2.65. The molecule has 0 fully saturated rings. The van der Waals surface area contributed by atoms with Gasteiger partial charge in [0.25, 0.3) is 0 Å². The topological polar surface area (TPSA) is 58.4 Å². The summed E-state index contributed by atoms with van der Waals surface area (Å²) in [5.41, 5.74) is 0. The van der Waals surface area contributed by atoms with Crippen molar-refractivity contribution in [2.75, 3.05) is 14.1 Å². The minimum Gasteiger partial charge on any atom is -0.447 e. The fraction of sp³-hybridized carbons (Fsp3) is 0.556. The van der Waals surface area contributed by atoms with E-state index in [1.807, 2.05) is 6.92 Å². The van der Waals surface area contributed by atoms with E-state index in [0.29, 0.717) is 6.54 Å². The van der Waals surface area contributed by atoms with Crippen molar-refractivity contribution in [1.29, 1.82) is 0 Å². The normalized spacial score (nSPS) is 12.5. The molecule has 0 aliphatic rings. The van der Waals surface area contributed by atoms with Crippen LogP contribution in [0.15, 0.2) is 17.0 Å². The highest BCUT2D eigenvalue weighted by Gasteiger charge is 2.13. The van der Waals surface area contributed by atoms with Crippen LogP contribution in [-0.4, -0.2) is 35.9 Å². The maximum Gasteiger partial charge on any atom is 0.238 e. The van der Waals surface area contributed by atoms with Crippen molar-refractivity contribution in [2.45, 2.75) is 19.5 Å². The summed E-state index contributed by atoms with van der Waals surface area (Å²) in [4.78, 5) is 16.8. The predicted octanol–water partition coefficient (Wildman–Crippen LogP) is 0.241. The standard InChI is InChI=1S/C9H15N3O2/c1-7(9(13)12(2)3)11-5-8-4-10-6-14-8/h4,6-7,11H,5H2,1-3H3. The Morgan fingerprint density at radius 2 is 2.43 bits per heavy atom. The fourth-order valence-electron chi connectivity index (χ4n) is 1.06. The molecule has 0 aromatic carbocycles. The van der Waals surface area contributed by atoms with E-state index in [4.69, 9.17) is 4.42 Å². The Labute approximate surface area is 83.1 Å². The minimum absolute atomic E-state index is 0.0458. The number of hydrogen-bond donors (Lipinski definition) is 1. The van der Waals surface area contributed by atoms with E-state index in [0.717, 1.165) is 5.76 Å². The Hall–Kier alpha value is -1.36. The van der Waals surface area contributed by atoms with Crippen LogP contribution in [0.3, 0.4) is 0 Å². The Kier molecular flexibility index (Phi) is 3.64. The second kappa shape index (κ2) is 4.76. The molecule has 78 valence electrons. The molecule has 0 radical (unpaired) electrons. The van der Waals surface area contributed by atoms with E-state index in [2.05, 4.69) is 10.3 Å². The lowest BCUT2D eigenvalue weighted by molar-refractivity contribution is -0.130. The first kappa shape index (κ1) is 10.7. The van der Waals surface area contributed by atoms with Crippen LogP contribution in [-0.2, 0) is 11.3 Å². The molecule has 0 spiro atoms. The molecule has 5 heteroatoms.